The molecule has 1 aliphatic rings. The number of thiophene rings is 1. The molecule has 2 aromatic rings. The van der Waals surface area contributed by atoms with E-state index in [1.807, 2.05) is 22.4 Å². The predicted molar refractivity (Wildman–Crippen MR) is 99.2 cm³/mol. The van der Waals surface area contributed by atoms with E-state index in [0.717, 1.165) is 17.7 Å². The third-order valence-electron chi connectivity index (χ3n) is 3.97. The zero-order valence-corrected chi connectivity index (χ0v) is 15.3. The van der Waals surface area contributed by atoms with Crippen molar-refractivity contribution in [1.82, 2.24) is 4.90 Å². The smallest absolute Gasteiger partial charge is 0.322 e. The number of amides is 2. The summed E-state index contributed by atoms with van der Waals surface area (Å²) in [4.78, 5) is 15.9. The molecule has 1 aromatic carbocycles. The van der Waals surface area contributed by atoms with Crippen LogP contribution in [0.4, 0.5) is 10.5 Å². The Morgan fingerprint density at radius 2 is 2.04 bits per heavy atom. The summed E-state index contributed by atoms with van der Waals surface area (Å²) < 4.78 is 5.42. The maximum Gasteiger partial charge on any atom is 0.322 e. The quantitative estimate of drug-likeness (QED) is 0.779. The summed E-state index contributed by atoms with van der Waals surface area (Å²) in [5.74, 6) is 0. The number of nitrogens with one attached hydrogen (secondary N) is 1. The van der Waals surface area contributed by atoms with Crippen molar-refractivity contribution in [1.29, 1.82) is 0 Å². The SMILES string of the molecule is O=C(Nc1ccc(Cl)c(Cl)c1)N(Cc1cccs1)C1CCOCC1. The molecule has 24 heavy (non-hydrogen) atoms. The Labute approximate surface area is 155 Å². The summed E-state index contributed by atoms with van der Waals surface area (Å²) in [7, 11) is 0. The number of nitrogens with zero attached hydrogens (tertiary/aromatic N) is 1. The Balaban J connectivity index is 1.75. The molecule has 0 atom stereocenters. The van der Waals surface area contributed by atoms with Gasteiger partial charge in [-0.15, -0.1) is 11.3 Å². The Morgan fingerprint density at radius 1 is 1.25 bits per heavy atom. The van der Waals surface area contributed by atoms with E-state index in [-0.39, 0.29) is 12.1 Å². The van der Waals surface area contributed by atoms with Crippen LogP contribution >= 0.6 is 34.5 Å². The molecule has 2 amide bonds. The van der Waals surface area contributed by atoms with Crippen LogP contribution in [0.3, 0.4) is 0 Å². The number of carbonyl (C=O) groups is 1. The molecule has 0 spiro atoms. The highest BCUT2D eigenvalue weighted by Crippen LogP contribution is 2.26. The van der Waals surface area contributed by atoms with Crippen molar-refractivity contribution in [3.8, 4) is 0 Å². The molecule has 0 aliphatic carbocycles. The van der Waals surface area contributed by atoms with Gasteiger partial charge in [-0.3, -0.25) is 0 Å². The zero-order chi connectivity index (χ0) is 16.9. The lowest BCUT2D eigenvalue weighted by Crippen LogP contribution is -2.44. The van der Waals surface area contributed by atoms with Gasteiger partial charge in [0.2, 0.25) is 0 Å². The van der Waals surface area contributed by atoms with E-state index in [9.17, 15) is 4.79 Å². The van der Waals surface area contributed by atoms with Crippen LogP contribution in [-0.4, -0.2) is 30.2 Å². The van der Waals surface area contributed by atoms with Gasteiger partial charge in [0.1, 0.15) is 0 Å². The first-order chi connectivity index (χ1) is 11.6. The molecule has 0 unspecified atom stereocenters. The number of rotatable bonds is 4. The van der Waals surface area contributed by atoms with Gasteiger partial charge in [0.15, 0.2) is 0 Å². The topological polar surface area (TPSA) is 41.6 Å². The Kier molecular flexibility index (Phi) is 6.00. The standard InChI is InChI=1S/C17H18Cl2N2O2S/c18-15-4-3-12(10-16(15)19)20-17(22)21(11-14-2-1-9-24-14)13-5-7-23-8-6-13/h1-4,9-10,13H,5-8,11H2,(H,20,22). The highest BCUT2D eigenvalue weighted by Gasteiger charge is 2.26. The van der Waals surface area contributed by atoms with Crippen molar-refractivity contribution in [2.24, 2.45) is 0 Å². The second-order valence-corrected chi connectivity index (χ2v) is 7.46. The van der Waals surface area contributed by atoms with Crippen LogP contribution in [0, 0.1) is 0 Å². The molecule has 4 nitrogen and oxygen atoms in total. The fraction of sp³-hybridized carbons (Fsp3) is 0.353. The first-order valence-electron chi connectivity index (χ1n) is 7.76. The lowest BCUT2D eigenvalue weighted by atomic mass is 10.1. The number of hydrogen-bond donors (Lipinski definition) is 1. The molecule has 1 saturated heterocycles. The zero-order valence-electron chi connectivity index (χ0n) is 13.0. The molecule has 7 heteroatoms. The fourth-order valence-corrected chi connectivity index (χ4v) is 3.70. The summed E-state index contributed by atoms with van der Waals surface area (Å²) >= 11 is 13.6. The van der Waals surface area contributed by atoms with Crippen LogP contribution in [-0.2, 0) is 11.3 Å². The lowest BCUT2D eigenvalue weighted by molar-refractivity contribution is 0.0462. The van der Waals surface area contributed by atoms with Gasteiger partial charge >= 0.3 is 6.03 Å². The molecule has 2 heterocycles. The fourth-order valence-electron chi connectivity index (χ4n) is 2.70. The maximum atomic E-state index is 12.8. The van der Waals surface area contributed by atoms with Gasteiger partial charge in [0.05, 0.1) is 16.6 Å². The van der Waals surface area contributed by atoms with Crippen LogP contribution in [0.5, 0.6) is 0 Å². The normalized spacial score (nSPS) is 15.2. The molecule has 128 valence electrons. The number of anilines is 1. The number of urea groups is 1. The minimum Gasteiger partial charge on any atom is -0.381 e. The van der Waals surface area contributed by atoms with Crippen molar-refractivity contribution >= 4 is 46.3 Å². The Morgan fingerprint density at radius 3 is 2.71 bits per heavy atom. The second-order valence-electron chi connectivity index (χ2n) is 5.61. The van der Waals surface area contributed by atoms with E-state index in [2.05, 4.69) is 5.32 Å². The largest absolute Gasteiger partial charge is 0.381 e. The van der Waals surface area contributed by atoms with Gasteiger partial charge in [-0.05, 0) is 42.5 Å². The minimum atomic E-state index is -0.131. The van der Waals surface area contributed by atoms with Gasteiger partial charge < -0.3 is 15.0 Å². The van der Waals surface area contributed by atoms with Crippen molar-refractivity contribution in [3.63, 3.8) is 0 Å². The maximum absolute atomic E-state index is 12.8. The molecular formula is C17H18Cl2N2O2S. The van der Waals surface area contributed by atoms with Crippen LogP contribution in [0.1, 0.15) is 17.7 Å². The lowest BCUT2D eigenvalue weighted by Gasteiger charge is -2.34. The number of ether oxygens (including phenoxy) is 1. The number of halogens is 2. The highest BCUT2D eigenvalue weighted by atomic mass is 35.5. The van der Waals surface area contributed by atoms with Gasteiger partial charge in [-0.2, -0.15) is 0 Å². The van der Waals surface area contributed by atoms with Gasteiger partial charge in [0, 0.05) is 29.8 Å². The van der Waals surface area contributed by atoms with Gasteiger partial charge in [0.25, 0.3) is 0 Å². The first-order valence-corrected chi connectivity index (χ1v) is 9.40. The molecule has 3 rings (SSSR count). The number of benzene rings is 1. The Hall–Kier alpha value is -1.27. The van der Waals surface area contributed by atoms with Gasteiger partial charge in [-0.25, -0.2) is 4.79 Å². The van der Waals surface area contributed by atoms with Crippen LogP contribution in [0.25, 0.3) is 0 Å². The number of carbonyl (C=O) groups excluding carboxylic acids is 1. The molecule has 1 N–H and O–H groups in total. The average molecular weight is 385 g/mol. The summed E-state index contributed by atoms with van der Waals surface area (Å²) in [6.07, 6.45) is 1.69. The molecular weight excluding hydrogens is 367 g/mol. The molecule has 1 aliphatic heterocycles. The highest BCUT2D eigenvalue weighted by molar-refractivity contribution is 7.09. The van der Waals surface area contributed by atoms with E-state index in [1.54, 1.807) is 29.5 Å². The van der Waals surface area contributed by atoms with Crippen molar-refractivity contribution in [3.05, 3.63) is 50.6 Å². The number of hydrogen-bond acceptors (Lipinski definition) is 3. The molecule has 0 radical (unpaired) electrons. The van der Waals surface area contributed by atoms with Crippen LogP contribution in [0.2, 0.25) is 10.0 Å². The summed E-state index contributed by atoms with van der Waals surface area (Å²) in [5.41, 5.74) is 0.637. The van der Waals surface area contributed by atoms with Crippen molar-refractivity contribution in [2.75, 3.05) is 18.5 Å². The summed E-state index contributed by atoms with van der Waals surface area (Å²) in [6, 6.07) is 9.17. The van der Waals surface area contributed by atoms with E-state index in [1.165, 1.54) is 0 Å². The first kappa shape index (κ1) is 17.5. The van der Waals surface area contributed by atoms with E-state index < -0.39 is 0 Å². The van der Waals surface area contributed by atoms with Crippen molar-refractivity contribution in [2.45, 2.75) is 25.4 Å². The van der Waals surface area contributed by atoms with E-state index in [4.69, 9.17) is 27.9 Å². The van der Waals surface area contributed by atoms with Crippen molar-refractivity contribution < 1.29 is 9.53 Å². The van der Waals surface area contributed by atoms with Crippen LogP contribution < -0.4 is 5.32 Å². The molecule has 1 aromatic heterocycles. The van der Waals surface area contributed by atoms with E-state index in [0.29, 0.717) is 35.5 Å². The summed E-state index contributed by atoms with van der Waals surface area (Å²) in [5, 5.41) is 5.84. The third-order valence-corrected chi connectivity index (χ3v) is 5.57. The monoisotopic (exact) mass is 384 g/mol. The molecule has 0 bridgehead atoms. The van der Waals surface area contributed by atoms with Crippen LogP contribution in [0.15, 0.2) is 35.7 Å². The second kappa shape index (κ2) is 8.21. The molecule has 1 fully saturated rings. The minimum absolute atomic E-state index is 0.131. The Bertz CT molecular complexity index is 688. The predicted octanol–water partition coefficient (Wildman–Crippen LogP) is 5.27. The third kappa shape index (κ3) is 4.42. The summed E-state index contributed by atoms with van der Waals surface area (Å²) in [6.45, 7) is 1.97. The average Bonchev–Trinajstić information content (AvgIpc) is 3.10. The van der Waals surface area contributed by atoms with Gasteiger partial charge in [-0.1, -0.05) is 29.3 Å². The van der Waals surface area contributed by atoms with E-state index >= 15 is 0 Å². The molecule has 0 saturated carbocycles.